The van der Waals surface area contributed by atoms with Crippen LogP contribution in [0, 0.1) is 0 Å². The second kappa shape index (κ2) is 8.49. The maximum absolute atomic E-state index is 12.5. The molecule has 0 spiro atoms. The molecule has 0 bridgehead atoms. The van der Waals surface area contributed by atoms with Gasteiger partial charge in [-0.1, -0.05) is 19.1 Å². The minimum absolute atomic E-state index is 0.143. The van der Waals surface area contributed by atoms with Crippen molar-refractivity contribution < 1.29 is 21.6 Å². The molecule has 1 heterocycles. The number of halogens is 3. The topological polar surface area (TPSA) is 83.5 Å². The third kappa shape index (κ3) is 5.76. The highest BCUT2D eigenvalue weighted by molar-refractivity contribution is 7.89. The van der Waals surface area contributed by atoms with Crippen LogP contribution in [0.4, 0.5) is 19.0 Å². The smallest absolute Gasteiger partial charge is 0.261 e. The zero-order valence-electron chi connectivity index (χ0n) is 14.7. The van der Waals surface area contributed by atoms with Crippen molar-refractivity contribution in [3.63, 3.8) is 0 Å². The summed E-state index contributed by atoms with van der Waals surface area (Å²) in [4.78, 5) is 3.80. The van der Waals surface area contributed by atoms with E-state index in [9.17, 15) is 21.6 Å². The van der Waals surface area contributed by atoms with Crippen molar-refractivity contribution in [3.8, 4) is 0 Å². The van der Waals surface area contributed by atoms with Gasteiger partial charge in [0.05, 0.1) is 16.2 Å². The minimum Gasteiger partial charge on any atom is -0.261 e. The second-order valence-corrected chi connectivity index (χ2v) is 7.43. The Morgan fingerprint density at radius 3 is 2.33 bits per heavy atom. The SMILES string of the molecule is CCCNS(=O)(=O)c1ccc(/C(C)=N\Nc2ccc(C(F)(F)F)cn2)cc1. The summed E-state index contributed by atoms with van der Waals surface area (Å²) in [6.07, 6.45) is -3.04. The standard InChI is InChI=1S/C17H19F3N4O2S/c1-3-10-22-27(25,26)15-7-4-13(5-8-15)12(2)23-24-16-9-6-14(11-21-16)17(18,19)20/h4-9,11,22H,3,10H2,1-2H3,(H,21,24)/b23-12-. The summed E-state index contributed by atoms with van der Waals surface area (Å²) in [7, 11) is -3.54. The maximum atomic E-state index is 12.5. The molecule has 0 unspecified atom stereocenters. The lowest BCUT2D eigenvalue weighted by Gasteiger charge is -2.08. The van der Waals surface area contributed by atoms with E-state index in [0.29, 0.717) is 24.2 Å². The highest BCUT2D eigenvalue weighted by Gasteiger charge is 2.30. The highest BCUT2D eigenvalue weighted by atomic mass is 32.2. The average molecular weight is 400 g/mol. The molecule has 0 aliphatic rings. The number of pyridine rings is 1. The van der Waals surface area contributed by atoms with Crippen molar-refractivity contribution in [1.29, 1.82) is 0 Å². The van der Waals surface area contributed by atoms with E-state index in [0.717, 1.165) is 12.3 Å². The van der Waals surface area contributed by atoms with Gasteiger partial charge < -0.3 is 0 Å². The molecule has 0 amide bonds. The molecule has 6 nitrogen and oxygen atoms in total. The maximum Gasteiger partial charge on any atom is 0.417 e. The largest absolute Gasteiger partial charge is 0.417 e. The Morgan fingerprint density at radius 2 is 1.81 bits per heavy atom. The molecule has 0 radical (unpaired) electrons. The first-order valence-corrected chi connectivity index (χ1v) is 9.55. The van der Waals surface area contributed by atoms with Crippen LogP contribution >= 0.6 is 0 Å². The molecule has 2 aromatic rings. The number of hydrogen-bond donors (Lipinski definition) is 2. The van der Waals surface area contributed by atoms with Crippen molar-refractivity contribution in [3.05, 3.63) is 53.7 Å². The zero-order chi connectivity index (χ0) is 20.1. The predicted octanol–water partition coefficient (Wildman–Crippen LogP) is 3.62. The summed E-state index contributed by atoms with van der Waals surface area (Å²) in [5.74, 6) is 0.158. The normalized spacial score (nSPS) is 12.9. The lowest BCUT2D eigenvalue weighted by molar-refractivity contribution is -0.137. The number of hydrogen-bond acceptors (Lipinski definition) is 5. The van der Waals surface area contributed by atoms with Crippen LogP contribution < -0.4 is 10.1 Å². The van der Waals surface area contributed by atoms with E-state index in [1.165, 1.54) is 18.2 Å². The van der Waals surface area contributed by atoms with Crippen LogP contribution in [0.15, 0.2) is 52.6 Å². The van der Waals surface area contributed by atoms with Crippen LogP contribution in [0.25, 0.3) is 0 Å². The number of anilines is 1. The van der Waals surface area contributed by atoms with Gasteiger partial charge in [-0.05, 0) is 43.2 Å². The van der Waals surface area contributed by atoms with Crippen molar-refractivity contribution >= 4 is 21.6 Å². The highest BCUT2D eigenvalue weighted by Crippen LogP contribution is 2.28. The average Bonchev–Trinajstić information content (AvgIpc) is 2.64. The summed E-state index contributed by atoms with van der Waals surface area (Å²) >= 11 is 0. The number of alkyl halides is 3. The molecule has 27 heavy (non-hydrogen) atoms. The van der Waals surface area contributed by atoms with Crippen LogP contribution in [0.5, 0.6) is 0 Å². The summed E-state index contributed by atoms with van der Waals surface area (Å²) in [6.45, 7) is 3.90. The molecule has 2 N–H and O–H groups in total. The molecular formula is C17H19F3N4O2S. The Morgan fingerprint density at radius 1 is 1.15 bits per heavy atom. The fourth-order valence-electron chi connectivity index (χ4n) is 2.03. The lowest BCUT2D eigenvalue weighted by Crippen LogP contribution is -2.24. The Kier molecular flexibility index (Phi) is 6.55. The van der Waals surface area contributed by atoms with Crippen LogP contribution in [0.1, 0.15) is 31.4 Å². The monoisotopic (exact) mass is 400 g/mol. The van der Waals surface area contributed by atoms with Gasteiger partial charge in [0.1, 0.15) is 5.82 Å². The number of sulfonamides is 1. The van der Waals surface area contributed by atoms with Gasteiger partial charge in [-0.2, -0.15) is 18.3 Å². The molecule has 10 heteroatoms. The van der Waals surface area contributed by atoms with Crippen molar-refractivity contribution in [2.24, 2.45) is 5.10 Å². The summed E-state index contributed by atoms with van der Waals surface area (Å²) < 4.78 is 64.1. The fourth-order valence-corrected chi connectivity index (χ4v) is 3.16. The molecule has 2 rings (SSSR count). The number of hydrazone groups is 1. The fraction of sp³-hybridized carbons (Fsp3) is 0.294. The van der Waals surface area contributed by atoms with Crippen molar-refractivity contribution in [1.82, 2.24) is 9.71 Å². The molecule has 146 valence electrons. The molecule has 0 aliphatic heterocycles. The zero-order valence-corrected chi connectivity index (χ0v) is 15.5. The van der Waals surface area contributed by atoms with Gasteiger partial charge in [0.25, 0.3) is 0 Å². The molecule has 0 saturated carbocycles. The van der Waals surface area contributed by atoms with Crippen LogP contribution in [0.3, 0.4) is 0 Å². The van der Waals surface area contributed by atoms with Gasteiger partial charge in [0, 0.05) is 12.7 Å². The lowest BCUT2D eigenvalue weighted by atomic mass is 10.1. The van der Waals surface area contributed by atoms with Gasteiger partial charge in [0.15, 0.2) is 0 Å². The first-order valence-electron chi connectivity index (χ1n) is 8.07. The summed E-state index contributed by atoms with van der Waals surface area (Å²) in [6, 6.07) is 8.20. The molecule has 0 aliphatic carbocycles. The van der Waals surface area contributed by atoms with E-state index in [-0.39, 0.29) is 10.7 Å². The molecule has 0 fully saturated rings. The Hall–Kier alpha value is -2.46. The Bertz CT molecular complexity index is 893. The van der Waals surface area contributed by atoms with Crippen molar-refractivity contribution in [2.45, 2.75) is 31.3 Å². The second-order valence-electron chi connectivity index (χ2n) is 5.66. The quantitative estimate of drug-likeness (QED) is 0.549. The van der Waals surface area contributed by atoms with Gasteiger partial charge in [0.2, 0.25) is 10.0 Å². The number of aromatic nitrogens is 1. The van der Waals surface area contributed by atoms with E-state index in [1.807, 2.05) is 6.92 Å². The number of nitrogens with one attached hydrogen (secondary N) is 2. The predicted molar refractivity (Wildman–Crippen MR) is 97.0 cm³/mol. The van der Waals surface area contributed by atoms with Gasteiger partial charge in [-0.15, -0.1) is 0 Å². The van der Waals surface area contributed by atoms with Crippen LogP contribution in [-0.2, 0) is 16.2 Å². The van der Waals surface area contributed by atoms with E-state index in [1.54, 1.807) is 19.1 Å². The van der Waals surface area contributed by atoms with E-state index >= 15 is 0 Å². The molecule has 0 saturated heterocycles. The number of nitrogens with zero attached hydrogens (tertiary/aromatic N) is 2. The molecule has 1 aromatic carbocycles. The van der Waals surface area contributed by atoms with Gasteiger partial charge >= 0.3 is 6.18 Å². The van der Waals surface area contributed by atoms with E-state index in [4.69, 9.17) is 0 Å². The Balaban J connectivity index is 2.08. The van der Waals surface area contributed by atoms with Crippen LogP contribution in [-0.4, -0.2) is 25.7 Å². The first kappa shape index (κ1) is 20.8. The number of benzene rings is 1. The molecule has 0 atom stereocenters. The molecular weight excluding hydrogens is 381 g/mol. The third-order valence-corrected chi connectivity index (χ3v) is 5.03. The van der Waals surface area contributed by atoms with E-state index in [2.05, 4.69) is 20.2 Å². The molecule has 1 aromatic heterocycles. The minimum atomic E-state index is -4.45. The van der Waals surface area contributed by atoms with Gasteiger partial charge in [-0.25, -0.2) is 18.1 Å². The first-order chi connectivity index (χ1) is 12.6. The third-order valence-electron chi connectivity index (χ3n) is 3.55. The number of rotatable bonds is 7. The van der Waals surface area contributed by atoms with Gasteiger partial charge in [-0.3, -0.25) is 5.43 Å². The summed E-state index contributed by atoms with van der Waals surface area (Å²) in [5.41, 5.74) is 2.90. The summed E-state index contributed by atoms with van der Waals surface area (Å²) in [5, 5.41) is 4.06. The van der Waals surface area contributed by atoms with Crippen molar-refractivity contribution in [2.75, 3.05) is 12.0 Å². The Labute approximate surface area is 155 Å². The van der Waals surface area contributed by atoms with E-state index < -0.39 is 21.8 Å². The van der Waals surface area contributed by atoms with Crippen LogP contribution in [0.2, 0.25) is 0 Å².